The molecule has 2 atom stereocenters. The highest BCUT2D eigenvalue weighted by atomic mass is 32.1. The fourth-order valence-corrected chi connectivity index (χ4v) is 5.17. The lowest BCUT2D eigenvalue weighted by Gasteiger charge is -2.28. The molecule has 2 aromatic carbocycles. The number of anilines is 1. The van der Waals surface area contributed by atoms with E-state index in [1.54, 1.807) is 12.1 Å². The van der Waals surface area contributed by atoms with Gasteiger partial charge in [0.05, 0.1) is 17.8 Å². The lowest BCUT2D eigenvalue weighted by molar-refractivity contribution is 0.565. The van der Waals surface area contributed by atoms with Crippen LogP contribution in [0.25, 0.3) is 5.69 Å². The van der Waals surface area contributed by atoms with E-state index in [1.165, 1.54) is 11.6 Å². The molecule has 4 aromatic rings. The first-order valence-electron chi connectivity index (χ1n) is 11.0. The summed E-state index contributed by atoms with van der Waals surface area (Å²) >= 11 is 5.84. The van der Waals surface area contributed by atoms with Crippen LogP contribution in [0.3, 0.4) is 0 Å². The van der Waals surface area contributed by atoms with Crippen LogP contribution in [-0.4, -0.2) is 14.7 Å². The van der Waals surface area contributed by atoms with Gasteiger partial charge in [-0.1, -0.05) is 24.3 Å². The van der Waals surface area contributed by atoms with Gasteiger partial charge in [0.2, 0.25) is 0 Å². The van der Waals surface area contributed by atoms with Crippen molar-refractivity contribution in [2.24, 2.45) is 0 Å². The minimum Gasteiger partial charge on any atom is -0.351 e. The lowest BCUT2D eigenvalue weighted by Crippen LogP contribution is -2.29. The molecule has 0 bridgehead atoms. The van der Waals surface area contributed by atoms with Gasteiger partial charge in [-0.2, -0.15) is 0 Å². The first kappa shape index (κ1) is 21.3. The highest BCUT2D eigenvalue weighted by Crippen LogP contribution is 2.43. The molecular weight excluding hydrogens is 431 g/mol. The molecule has 33 heavy (non-hydrogen) atoms. The van der Waals surface area contributed by atoms with Crippen molar-refractivity contribution in [3.63, 3.8) is 0 Å². The van der Waals surface area contributed by atoms with Gasteiger partial charge >= 0.3 is 0 Å². The van der Waals surface area contributed by atoms with E-state index in [0.717, 1.165) is 34.0 Å². The number of hydrogen-bond acceptors (Lipinski definition) is 2. The molecule has 2 aromatic heterocycles. The molecule has 1 fully saturated rings. The van der Waals surface area contributed by atoms with Crippen molar-refractivity contribution in [3.8, 4) is 5.69 Å². The number of halogens is 1. The van der Waals surface area contributed by atoms with Crippen molar-refractivity contribution in [2.45, 2.75) is 32.9 Å². The van der Waals surface area contributed by atoms with Crippen molar-refractivity contribution < 1.29 is 4.39 Å². The Morgan fingerprint density at radius 3 is 2.42 bits per heavy atom. The number of hydrogen-bond donors (Lipinski definition) is 1. The summed E-state index contributed by atoms with van der Waals surface area (Å²) in [4.78, 5) is 6.82. The van der Waals surface area contributed by atoms with Gasteiger partial charge in [-0.3, -0.25) is 4.98 Å². The second-order valence-corrected chi connectivity index (χ2v) is 8.86. The van der Waals surface area contributed by atoms with Crippen LogP contribution in [0.5, 0.6) is 0 Å². The molecule has 0 spiro atoms. The number of aromatic nitrogens is 2. The predicted octanol–water partition coefficient (Wildman–Crippen LogP) is 6.11. The van der Waals surface area contributed by atoms with Crippen LogP contribution in [0.2, 0.25) is 0 Å². The van der Waals surface area contributed by atoms with Gasteiger partial charge in [-0.15, -0.1) is 0 Å². The highest BCUT2D eigenvalue weighted by molar-refractivity contribution is 7.80. The molecule has 1 N–H and O–H groups in total. The normalized spacial score (nSPS) is 17.9. The van der Waals surface area contributed by atoms with Crippen LogP contribution in [0.4, 0.5) is 10.1 Å². The third-order valence-electron chi connectivity index (χ3n) is 6.23. The van der Waals surface area contributed by atoms with Gasteiger partial charge in [0.1, 0.15) is 5.82 Å². The first-order valence-corrected chi connectivity index (χ1v) is 11.4. The number of rotatable bonds is 4. The van der Waals surface area contributed by atoms with Crippen molar-refractivity contribution in [1.29, 1.82) is 0 Å². The maximum atomic E-state index is 14.0. The largest absolute Gasteiger partial charge is 0.351 e. The van der Waals surface area contributed by atoms with Gasteiger partial charge in [0.15, 0.2) is 5.11 Å². The maximum Gasteiger partial charge on any atom is 0.174 e. The van der Waals surface area contributed by atoms with Gasteiger partial charge in [-0.05, 0) is 92.6 Å². The SMILES string of the molecule is Cc1cccc(N2C(=S)N[C@@H](c3ccccn3)[C@@H]2c2cc(C)n(-c3cccc(F)c3)c2C)c1. The van der Waals surface area contributed by atoms with Gasteiger partial charge in [0, 0.05) is 29.0 Å². The average Bonchev–Trinajstić information content (AvgIpc) is 3.29. The molecule has 0 aliphatic carbocycles. The van der Waals surface area contributed by atoms with E-state index in [9.17, 15) is 4.39 Å². The van der Waals surface area contributed by atoms with Crippen LogP contribution in [0.15, 0.2) is 79.0 Å². The minimum absolute atomic E-state index is 0.109. The van der Waals surface area contributed by atoms with Crippen molar-refractivity contribution in [3.05, 3.63) is 113 Å². The lowest BCUT2D eigenvalue weighted by atomic mass is 9.96. The molecule has 1 aliphatic rings. The topological polar surface area (TPSA) is 33.1 Å². The molecule has 166 valence electrons. The van der Waals surface area contributed by atoms with E-state index in [0.29, 0.717) is 5.11 Å². The molecule has 0 amide bonds. The summed E-state index contributed by atoms with van der Waals surface area (Å²) in [5.41, 5.74) is 7.15. The van der Waals surface area contributed by atoms with Crippen LogP contribution in [0.1, 0.15) is 40.3 Å². The maximum absolute atomic E-state index is 14.0. The van der Waals surface area contributed by atoms with E-state index in [4.69, 9.17) is 12.2 Å². The summed E-state index contributed by atoms with van der Waals surface area (Å²) in [6, 6.07) is 22.9. The summed E-state index contributed by atoms with van der Waals surface area (Å²) in [7, 11) is 0. The summed E-state index contributed by atoms with van der Waals surface area (Å²) < 4.78 is 16.1. The molecule has 0 unspecified atom stereocenters. The number of aryl methyl sites for hydroxylation is 2. The smallest absolute Gasteiger partial charge is 0.174 e. The summed E-state index contributed by atoms with van der Waals surface area (Å²) in [6.45, 7) is 6.21. The number of thiocarbonyl (C=S) groups is 1. The standard InChI is InChI=1S/C27H25FN4S/c1-17-8-6-10-21(14-17)32-26(25(30-27(32)33)24-12-4-5-13-29-24)23-15-18(2)31(19(23)3)22-11-7-9-20(28)16-22/h4-16,25-26H,1-3H3,(H,30,33)/t25-,26-/m0/s1. The second-order valence-electron chi connectivity index (χ2n) is 8.48. The predicted molar refractivity (Wildman–Crippen MR) is 134 cm³/mol. The zero-order valence-corrected chi connectivity index (χ0v) is 19.6. The fourth-order valence-electron chi connectivity index (χ4n) is 4.83. The zero-order valence-electron chi connectivity index (χ0n) is 18.8. The molecule has 3 heterocycles. The molecule has 1 saturated heterocycles. The fraction of sp³-hybridized carbons (Fsp3) is 0.185. The van der Waals surface area contributed by atoms with Crippen LogP contribution in [0, 0.1) is 26.6 Å². The Morgan fingerprint density at radius 2 is 1.70 bits per heavy atom. The van der Waals surface area contributed by atoms with Gasteiger partial charge in [0.25, 0.3) is 0 Å². The molecule has 5 rings (SSSR count). The number of nitrogens with zero attached hydrogens (tertiary/aromatic N) is 3. The van der Waals surface area contributed by atoms with Gasteiger partial charge < -0.3 is 14.8 Å². The quantitative estimate of drug-likeness (QED) is 0.376. The second kappa shape index (κ2) is 8.45. The third kappa shape index (κ3) is 3.80. The number of pyridine rings is 1. The Kier molecular flexibility index (Phi) is 5.46. The summed E-state index contributed by atoms with van der Waals surface area (Å²) in [6.07, 6.45) is 1.81. The van der Waals surface area contributed by atoms with Crippen molar-refractivity contribution in [1.82, 2.24) is 14.9 Å². The Bertz CT molecular complexity index is 1330. The average molecular weight is 457 g/mol. The highest BCUT2D eigenvalue weighted by Gasteiger charge is 2.42. The Labute approximate surface area is 198 Å². The van der Waals surface area contributed by atoms with E-state index < -0.39 is 0 Å². The first-order chi connectivity index (χ1) is 15.9. The van der Waals surface area contributed by atoms with Gasteiger partial charge in [-0.25, -0.2) is 4.39 Å². The molecule has 1 aliphatic heterocycles. The van der Waals surface area contributed by atoms with E-state index in [-0.39, 0.29) is 17.9 Å². The monoisotopic (exact) mass is 456 g/mol. The Hall–Kier alpha value is -3.51. The van der Waals surface area contributed by atoms with Crippen LogP contribution in [-0.2, 0) is 0 Å². The number of nitrogens with one attached hydrogen (secondary N) is 1. The van der Waals surface area contributed by atoms with E-state index in [1.807, 2.05) is 30.5 Å². The zero-order chi connectivity index (χ0) is 23.1. The van der Waals surface area contributed by atoms with Crippen LogP contribution >= 0.6 is 12.2 Å². The van der Waals surface area contributed by atoms with Crippen molar-refractivity contribution >= 4 is 23.0 Å². The van der Waals surface area contributed by atoms with E-state index in [2.05, 4.69) is 70.9 Å². The molecule has 6 heteroatoms. The molecule has 0 saturated carbocycles. The van der Waals surface area contributed by atoms with Crippen molar-refractivity contribution in [2.75, 3.05) is 4.90 Å². The summed E-state index contributed by atoms with van der Waals surface area (Å²) in [5.74, 6) is -0.252. The molecule has 4 nitrogen and oxygen atoms in total. The van der Waals surface area contributed by atoms with E-state index >= 15 is 0 Å². The summed E-state index contributed by atoms with van der Waals surface area (Å²) in [5, 5.41) is 4.18. The molecule has 0 radical (unpaired) electrons. The van der Waals surface area contributed by atoms with Crippen LogP contribution < -0.4 is 10.2 Å². The Morgan fingerprint density at radius 1 is 0.909 bits per heavy atom. The number of benzene rings is 2. The molecular formula is C27H25FN4S. The third-order valence-corrected chi connectivity index (χ3v) is 6.55. The Balaban J connectivity index is 1.69. The minimum atomic E-state index is -0.252.